The molecular weight excluding hydrogens is 457 g/mol. The van der Waals surface area contributed by atoms with Gasteiger partial charge in [-0.05, 0) is 41.3 Å². The van der Waals surface area contributed by atoms with Crippen molar-refractivity contribution in [2.24, 2.45) is 0 Å². The molecule has 1 aliphatic heterocycles. The number of ether oxygens (including phenoxy) is 2. The zero-order chi connectivity index (χ0) is 22.6. The third-order valence-electron chi connectivity index (χ3n) is 4.73. The molecule has 1 aromatic carbocycles. The molecule has 1 fully saturated rings. The fraction of sp³-hybridized carbons (Fsp3) is 0.238. The number of nitrogens with one attached hydrogen (secondary N) is 1. The Morgan fingerprint density at radius 1 is 1.25 bits per heavy atom. The summed E-state index contributed by atoms with van der Waals surface area (Å²) < 4.78 is 52.2. The lowest BCUT2D eigenvalue weighted by Gasteiger charge is -2.26. The number of amides is 1. The first kappa shape index (κ1) is 22.3. The normalized spacial score (nSPS) is 14.8. The molecule has 3 heterocycles. The molecule has 2 aromatic heterocycles. The van der Waals surface area contributed by atoms with Crippen LogP contribution in [0.4, 0.5) is 4.39 Å². The SMILES string of the molecule is O=C(NCc1ccc(Oc2cccnc2)c(F)c1)c1sccc1S(=O)(=O)N1CCOCC1. The van der Waals surface area contributed by atoms with E-state index in [1.54, 1.807) is 29.8 Å². The summed E-state index contributed by atoms with van der Waals surface area (Å²) in [5, 5.41) is 4.22. The van der Waals surface area contributed by atoms with Gasteiger partial charge in [-0.15, -0.1) is 11.3 Å². The van der Waals surface area contributed by atoms with Crippen LogP contribution in [0.25, 0.3) is 0 Å². The van der Waals surface area contributed by atoms with Crippen LogP contribution in [0.3, 0.4) is 0 Å². The molecule has 1 N–H and O–H groups in total. The summed E-state index contributed by atoms with van der Waals surface area (Å²) in [6.45, 7) is 1.14. The third kappa shape index (κ3) is 4.96. The molecule has 11 heteroatoms. The summed E-state index contributed by atoms with van der Waals surface area (Å²) in [6, 6.07) is 9.10. The first-order valence-corrected chi connectivity index (χ1v) is 12.1. The van der Waals surface area contributed by atoms with Gasteiger partial charge in [0.15, 0.2) is 11.6 Å². The van der Waals surface area contributed by atoms with Crippen molar-refractivity contribution in [3.05, 3.63) is 70.4 Å². The van der Waals surface area contributed by atoms with Gasteiger partial charge in [0.1, 0.15) is 15.5 Å². The van der Waals surface area contributed by atoms with Crippen molar-refractivity contribution in [2.75, 3.05) is 26.3 Å². The van der Waals surface area contributed by atoms with Gasteiger partial charge >= 0.3 is 0 Å². The molecule has 8 nitrogen and oxygen atoms in total. The van der Waals surface area contributed by atoms with Crippen molar-refractivity contribution in [1.29, 1.82) is 0 Å². The van der Waals surface area contributed by atoms with Gasteiger partial charge in [-0.1, -0.05) is 6.07 Å². The first-order chi connectivity index (χ1) is 15.4. The van der Waals surface area contributed by atoms with Gasteiger partial charge in [0, 0.05) is 25.8 Å². The lowest BCUT2D eigenvalue weighted by molar-refractivity contribution is 0.0730. The zero-order valence-electron chi connectivity index (χ0n) is 16.9. The van der Waals surface area contributed by atoms with Gasteiger partial charge < -0.3 is 14.8 Å². The number of aromatic nitrogens is 1. The number of sulfonamides is 1. The van der Waals surface area contributed by atoms with Crippen LogP contribution in [-0.4, -0.2) is 49.9 Å². The number of thiophene rings is 1. The highest BCUT2D eigenvalue weighted by Gasteiger charge is 2.31. The fourth-order valence-corrected chi connectivity index (χ4v) is 5.85. The van der Waals surface area contributed by atoms with Gasteiger partial charge in [-0.2, -0.15) is 4.31 Å². The number of rotatable bonds is 7. The Bertz CT molecular complexity index is 1200. The van der Waals surface area contributed by atoms with Crippen LogP contribution in [0.1, 0.15) is 15.2 Å². The molecule has 168 valence electrons. The highest BCUT2D eigenvalue weighted by molar-refractivity contribution is 7.89. The molecule has 1 amide bonds. The molecule has 0 saturated carbocycles. The summed E-state index contributed by atoms with van der Waals surface area (Å²) in [6.07, 6.45) is 3.05. The number of carbonyl (C=O) groups is 1. The second-order valence-electron chi connectivity index (χ2n) is 6.87. The van der Waals surface area contributed by atoms with E-state index in [0.717, 1.165) is 11.3 Å². The van der Waals surface area contributed by atoms with Gasteiger partial charge in [-0.25, -0.2) is 12.8 Å². The van der Waals surface area contributed by atoms with Crippen molar-refractivity contribution >= 4 is 27.3 Å². The number of carbonyl (C=O) groups excluding carboxylic acids is 1. The molecule has 0 aliphatic carbocycles. The molecule has 0 unspecified atom stereocenters. The third-order valence-corrected chi connectivity index (χ3v) is 7.72. The first-order valence-electron chi connectivity index (χ1n) is 9.75. The summed E-state index contributed by atoms with van der Waals surface area (Å²) in [7, 11) is -3.80. The highest BCUT2D eigenvalue weighted by atomic mass is 32.2. The molecule has 0 radical (unpaired) electrons. The number of hydrogen-bond acceptors (Lipinski definition) is 7. The molecule has 0 atom stereocenters. The largest absolute Gasteiger partial charge is 0.453 e. The quantitative estimate of drug-likeness (QED) is 0.562. The van der Waals surface area contributed by atoms with Gasteiger partial charge in [0.2, 0.25) is 10.0 Å². The molecular formula is C21H20FN3O5S2. The number of halogens is 1. The Balaban J connectivity index is 1.42. The predicted molar refractivity (Wildman–Crippen MR) is 116 cm³/mol. The minimum absolute atomic E-state index is 0.0257. The van der Waals surface area contributed by atoms with E-state index >= 15 is 0 Å². The second-order valence-corrected chi connectivity index (χ2v) is 9.69. The van der Waals surface area contributed by atoms with Crippen molar-refractivity contribution in [1.82, 2.24) is 14.6 Å². The highest BCUT2D eigenvalue weighted by Crippen LogP contribution is 2.27. The summed E-state index contributed by atoms with van der Waals surface area (Å²) in [5.41, 5.74) is 0.503. The van der Waals surface area contributed by atoms with Crippen LogP contribution >= 0.6 is 11.3 Å². The second kappa shape index (κ2) is 9.74. The fourth-order valence-electron chi connectivity index (χ4n) is 3.13. The van der Waals surface area contributed by atoms with Crippen LogP contribution in [0, 0.1) is 5.82 Å². The number of benzene rings is 1. The molecule has 1 aliphatic rings. The van der Waals surface area contributed by atoms with Crippen LogP contribution in [0.2, 0.25) is 0 Å². The summed E-state index contributed by atoms with van der Waals surface area (Å²) in [4.78, 5) is 16.7. The standard InChI is InChI=1S/C21H20FN3O5S2/c22-17-12-15(3-4-18(17)30-16-2-1-6-23-14-16)13-24-21(26)20-19(5-11-31-20)32(27,28)25-7-9-29-10-8-25/h1-6,11-12,14H,7-10,13H2,(H,24,26). The Kier molecular flexibility index (Phi) is 6.80. The number of nitrogens with zero attached hydrogens (tertiary/aromatic N) is 2. The summed E-state index contributed by atoms with van der Waals surface area (Å²) >= 11 is 1.04. The van der Waals surface area contributed by atoms with Crippen LogP contribution < -0.4 is 10.1 Å². The lowest BCUT2D eigenvalue weighted by Crippen LogP contribution is -2.41. The minimum atomic E-state index is -3.80. The van der Waals surface area contributed by atoms with Crippen molar-refractivity contribution in [3.8, 4) is 11.5 Å². The smallest absolute Gasteiger partial charge is 0.263 e. The molecule has 0 bridgehead atoms. The maximum absolute atomic E-state index is 14.4. The van der Waals surface area contributed by atoms with Gasteiger partial charge in [0.05, 0.1) is 19.4 Å². The number of morpholine rings is 1. The maximum Gasteiger partial charge on any atom is 0.263 e. The lowest BCUT2D eigenvalue weighted by atomic mass is 10.2. The average molecular weight is 478 g/mol. The molecule has 0 spiro atoms. The molecule has 3 aromatic rings. The van der Waals surface area contributed by atoms with Crippen molar-refractivity contribution < 1.29 is 27.1 Å². The predicted octanol–water partition coefficient (Wildman–Crippen LogP) is 3.03. The van der Waals surface area contributed by atoms with E-state index in [0.29, 0.717) is 24.5 Å². The van der Waals surface area contributed by atoms with Gasteiger partial charge in [-0.3, -0.25) is 9.78 Å². The maximum atomic E-state index is 14.4. The summed E-state index contributed by atoms with van der Waals surface area (Å²) in [5.74, 6) is -0.695. The van der Waals surface area contributed by atoms with E-state index < -0.39 is 21.7 Å². The zero-order valence-corrected chi connectivity index (χ0v) is 18.5. The van der Waals surface area contributed by atoms with Crippen LogP contribution in [0.5, 0.6) is 11.5 Å². The number of hydrogen-bond donors (Lipinski definition) is 1. The van der Waals surface area contributed by atoms with E-state index in [1.165, 1.54) is 28.7 Å². The molecule has 32 heavy (non-hydrogen) atoms. The Morgan fingerprint density at radius 2 is 2.06 bits per heavy atom. The van der Waals surface area contributed by atoms with Crippen LogP contribution in [0.15, 0.2) is 59.1 Å². The Hall–Kier alpha value is -2.86. The topological polar surface area (TPSA) is 97.8 Å². The van der Waals surface area contributed by atoms with E-state index in [4.69, 9.17) is 9.47 Å². The van der Waals surface area contributed by atoms with Gasteiger partial charge in [0.25, 0.3) is 5.91 Å². The Morgan fingerprint density at radius 3 is 2.78 bits per heavy atom. The van der Waals surface area contributed by atoms with E-state index in [-0.39, 0.29) is 35.2 Å². The molecule has 4 rings (SSSR count). The van der Waals surface area contributed by atoms with Crippen LogP contribution in [-0.2, 0) is 21.3 Å². The molecule has 1 saturated heterocycles. The van der Waals surface area contributed by atoms with E-state index in [2.05, 4.69) is 10.3 Å². The van der Waals surface area contributed by atoms with Crippen molar-refractivity contribution in [2.45, 2.75) is 11.4 Å². The van der Waals surface area contributed by atoms with E-state index in [9.17, 15) is 17.6 Å². The van der Waals surface area contributed by atoms with E-state index in [1.807, 2.05) is 0 Å². The monoisotopic (exact) mass is 477 g/mol. The number of pyridine rings is 1. The van der Waals surface area contributed by atoms with Crippen molar-refractivity contribution in [3.63, 3.8) is 0 Å². The minimum Gasteiger partial charge on any atom is -0.453 e. The Labute approximate surface area is 188 Å². The average Bonchev–Trinajstić information content (AvgIpc) is 3.31.